The van der Waals surface area contributed by atoms with E-state index in [9.17, 15) is 9.59 Å². The summed E-state index contributed by atoms with van der Waals surface area (Å²) in [6, 6.07) is 7.10. The molecule has 0 heterocycles. The number of nitrogens with one attached hydrogen (secondary N) is 2. The van der Waals surface area contributed by atoms with Crippen LogP contribution in [0.15, 0.2) is 24.3 Å². The minimum Gasteiger partial charge on any atom is -0.481 e. The Bertz CT molecular complexity index is 503. The fraction of sp³-hybridized carbons (Fsp3) is 0.429. The third kappa shape index (κ3) is 4.74. The molecule has 2 rings (SSSR count). The summed E-state index contributed by atoms with van der Waals surface area (Å²) in [5.41, 5.74) is 0. The SMILES string of the molecule is CC(Oc1cccc(Cl)c1)C(=O)NCC(=O)NC1CC1. The number of amides is 2. The third-order valence-electron chi connectivity index (χ3n) is 2.84. The number of halogens is 1. The van der Waals surface area contributed by atoms with Crippen LogP contribution in [0.5, 0.6) is 5.75 Å². The zero-order chi connectivity index (χ0) is 14.5. The lowest BCUT2D eigenvalue weighted by molar-refractivity contribution is -0.130. The van der Waals surface area contributed by atoms with Crippen molar-refractivity contribution in [2.75, 3.05) is 6.54 Å². The first-order valence-corrected chi connectivity index (χ1v) is 6.91. The number of carbonyl (C=O) groups excluding carboxylic acids is 2. The molecule has 2 amide bonds. The van der Waals surface area contributed by atoms with Crippen LogP contribution < -0.4 is 15.4 Å². The monoisotopic (exact) mass is 296 g/mol. The van der Waals surface area contributed by atoms with Gasteiger partial charge in [0.15, 0.2) is 6.10 Å². The molecule has 1 fully saturated rings. The Kier molecular flexibility index (Phi) is 4.84. The molecule has 0 saturated heterocycles. The first kappa shape index (κ1) is 14.7. The molecule has 1 unspecified atom stereocenters. The average molecular weight is 297 g/mol. The van der Waals surface area contributed by atoms with Gasteiger partial charge in [0, 0.05) is 11.1 Å². The predicted molar refractivity (Wildman–Crippen MR) is 75.7 cm³/mol. The molecule has 1 aliphatic carbocycles. The molecule has 0 aliphatic heterocycles. The zero-order valence-corrected chi connectivity index (χ0v) is 11.9. The molecule has 1 aliphatic rings. The fourth-order valence-corrected chi connectivity index (χ4v) is 1.80. The molecule has 5 nitrogen and oxygen atoms in total. The second-order valence-corrected chi connectivity index (χ2v) is 5.21. The van der Waals surface area contributed by atoms with Gasteiger partial charge in [0.2, 0.25) is 5.91 Å². The van der Waals surface area contributed by atoms with Crippen molar-refractivity contribution in [1.29, 1.82) is 0 Å². The average Bonchev–Trinajstić information content (AvgIpc) is 3.19. The second-order valence-electron chi connectivity index (χ2n) is 4.78. The van der Waals surface area contributed by atoms with Gasteiger partial charge >= 0.3 is 0 Å². The summed E-state index contributed by atoms with van der Waals surface area (Å²) < 4.78 is 5.45. The van der Waals surface area contributed by atoms with Gasteiger partial charge < -0.3 is 15.4 Å². The van der Waals surface area contributed by atoms with Crippen LogP contribution in [-0.4, -0.2) is 30.5 Å². The molecule has 108 valence electrons. The van der Waals surface area contributed by atoms with Gasteiger partial charge in [-0.3, -0.25) is 9.59 Å². The van der Waals surface area contributed by atoms with Crippen molar-refractivity contribution in [3.63, 3.8) is 0 Å². The summed E-state index contributed by atoms with van der Waals surface area (Å²) >= 11 is 5.83. The molecule has 1 saturated carbocycles. The van der Waals surface area contributed by atoms with Gasteiger partial charge in [0.1, 0.15) is 5.75 Å². The van der Waals surface area contributed by atoms with Crippen LogP contribution in [0.3, 0.4) is 0 Å². The molecule has 6 heteroatoms. The third-order valence-corrected chi connectivity index (χ3v) is 3.08. The zero-order valence-electron chi connectivity index (χ0n) is 11.2. The normalized spacial score (nSPS) is 15.3. The summed E-state index contributed by atoms with van der Waals surface area (Å²) in [6.07, 6.45) is 1.35. The molecular weight excluding hydrogens is 280 g/mol. The van der Waals surface area contributed by atoms with Crippen LogP contribution in [0, 0.1) is 0 Å². The summed E-state index contributed by atoms with van der Waals surface area (Å²) in [4.78, 5) is 23.2. The van der Waals surface area contributed by atoms with Gasteiger partial charge in [-0.25, -0.2) is 0 Å². The van der Waals surface area contributed by atoms with Crippen molar-refractivity contribution >= 4 is 23.4 Å². The van der Waals surface area contributed by atoms with Crippen molar-refractivity contribution in [2.24, 2.45) is 0 Å². The number of ether oxygens (including phenoxy) is 1. The lowest BCUT2D eigenvalue weighted by Gasteiger charge is -2.14. The maximum Gasteiger partial charge on any atom is 0.261 e. The maximum atomic E-state index is 11.8. The number of rotatable bonds is 6. The van der Waals surface area contributed by atoms with E-state index in [4.69, 9.17) is 16.3 Å². The Morgan fingerprint density at radius 1 is 1.45 bits per heavy atom. The first-order valence-electron chi connectivity index (χ1n) is 6.54. The van der Waals surface area contributed by atoms with Gasteiger partial charge in [-0.2, -0.15) is 0 Å². The van der Waals surface area contributed by atoms with E-state index in [0.717, 1.165) is 12.8 Å². The number of hydrogen-bond donors (Lipinski definition) is 2. The Hall–Kier alpha value is -1.75. The van der Waals surface area contributed by atoms with Crippen molar-refractivity contribution in [1.82, 2.24) is 10.6 Å². The molecule has 1 aromatic carbocycles. The minimum atomic E-state index is -0.692. The second kappa shape index (κ2) is 6.61. The largest absolute Gasteiger partial charge is 0.481 e. The Morgan fingerprint density at radius 2 is 2.20 bits per heavy atom. The smallest absolute Gasteiger partial charge is 0.261 e. The van der Waals surface area contributed by atoms with Crippen molar-refractivity contribution in [2.45, 2.75) is 31.9 Å². The molecule has 1 atom stereocenters. The van der Waals surface area contributed by atoms with Gasteiger partial charge in [-0.15, -0.1) is 0 Å². The van der Waals surface area contributed by atoms with Crippen molar-refractivity contribution in [3.8, 4) is 5.75 Å². The molecule has 1 aromatic rings. The quantitative estimate of drug-likeness (QED) is 0.836. The summed E-state index contributed by atoms with van der Waals surface area (Å²) in [5.74, 6) is 0.00862. The van der Waals surface area contributed by atoms with E-state index in [0.29, 0.717) is 16.8 Å². The topological polar surface area (TPSA) is 67.4 Å². The Balaban J connectivity index is 1.74. The fourth-order valence-electron chi connectivity index (χ4n) is 1.62. The van der Waals surface area contributed by atoms with Gasteiger partial charge in [0.05, 0.1) is 6.54 Å². The summed E-state index contributed by atoms with van der Waals surface area (Å²) in [7, 11) is 0. The van der Waals surface area contributed by atoms with Crippen LogP contribution in [0.2, 0.25) is 5.02 Å². The van der Waals surface area contributed by atoms with E-state index in [1.807, 2.05) is 0 Å². The number of hydrogen-bond acceptors (Lipinski definition) is 3. The highest BCUT2D eigenvalue weighted by Gasteiger charge is 2.23. The highest BCUT2D eigenvalue weighted by molar-refractivity contribution is 6.30. The standard InChI is InChI=1S/C14H17ClN2O3/c1-9(20-12-4-2-3-10(15)7-12)14(19)16-8-13(18)17-11-5-6-11/h2-4,7,9,11H,5-6,8H2,1H3,(H,16,19)(H,17,18). The summed E-state index contributed by atoms with van der Waals surface area (Å²) in [6.45, 7) is 1.59. The van der Waals surface area contributed by atoms with E-state index in [1.54, 1.807) is 31.2 Å². The highest BCUT2D eigenvalue weighted by Crippen LogP contribution is 2.19. The van der Waals surface area contributed by atoms with Crippen LogP contribution in [0.1, 0.15) is 19.8 Å². The minimum absolute atomic E-state index is 0.0292. The number of carbonyl (C=O) groups is 2. The Labute approximate surface area is 122 Å². The predicted octanol–water partition coefficient (Wildman–Crippen LogP) is 1.50. The van der Waals surface area contributed by atoms with Crippen molar-refractivity contribution < 1.29 is 14.3 Å². The van der Waals surface area contributed by atoms with Crippen molar-refractivity contribution in [3.05, 3.63) is 29.3 Å². The van der Waals surface area contributed by atoms with E-state index in [2.05, 4.69) is 10.6 Å². The van der Waals surface area contributed by atoms with Gasteiger partial charge in [-0.05, 0) is 38.0 Å². The highest BCUT2D eigenvalue weighted by atomic mass is 35.5. The van der Waals surface area contributed by atoms with Gasteiger partial charge in [-0.1, -0.05) is 17.7 Å². The summed E-state index contributed by atoms with van der Waals surface area (Å²) in [5, 5.41) is 5.88. The van der Waals surface area contributed by atoms with Crippen LogP contribution >= 0.6 is 11.6 Å². The van der Waals surface area contributed by atoms with Crippen LogP contribution in [0.4, 0.5) is 0 Å². The van der Waals surface area contributed by atoms with E-state index < -0.39 is 6.10 Å². The molecule has 0 radical (unpaired) electrons. The lowest BCUT2D eigenvalue weighted by Crippen LogP contribution is -2.42. The Morgan fingerprint density at radius 3 is 2.85 bits per heavy atom. The van der Waals surface area contributed by atoms with Crippen LogP contribution in [-0.2, 0) is 9.59 Å². The van der Waals surface area contributed by atoms with E-state index >= 15 is 0 Å². The maximum absolute atomic E-state index is 11.8. The molecule has 20 heavy (non-hydrogen) atoms. The van der Waals surface area contributed by atoms with E-state index in [1.165, 1.54) is 0 Å². The molecule has 0 bridgehead atoms. The molecular formula is C14H17ClN2O3. The molecule has 0 aromatic heterocycles. The first-order chi connectivity index (χ1) is 9.54. The molecule has 0 spiro atoms. The van der Waals surface area contributed by atoms with Crippen LogP contribution in [0.25, 0.3) is 0 Å². The van der Waals surface area contributed by atoms with Gasteiger partial charge in [0.25, 0.3) is 5.91 Å². The lowest BCUT2D eigenvalue weighted by atomic mass is 10.3. The van der Waals surface area contributed by atoms with E-state index in [-0.39, 0.29) is 18.4 Å². The molecule has 2 N–H and O–H groups in total. The number of benzene rings is 1.